The van der Waals surface area contributed by atoms with Crippen LogP contribution in [0.15, 0.2) is 129 Å². The molecule has 9 aromatic heterocycles. The van der Waals surface area contributed by atoms with Crippen molar-refractivity contribution in [2.75, 3.05) is 28.3 Å². The van der Waals surface area contributed by atoms with Crippen LogP contribution in [0.1, 0.15) is 149 Å². The van der Waals surface area contributed by atoms with Gasteiger partial charge in [0.25, 0.3) is 0 Å². The molecule has 20 nitrogen and oxygen atoms in total. The van der Waals surface area contributed by atoms with E-state index in [0.29, 0.717) is 13.5 Å². The largest absolute Gasteiger partial charge is 0.360 e. The highest BCUT2D eigenvalue weighted by Gasteiger charge is 2.52. The average Bonchev–Trinajstić information content (AvgIpc) is 1.57. The summed E-state index contributed by atoms with van der Waals surface area (Å²) in [6, 6.07) is 27.3. The van der Waals surface area contributed by atoms with Crippen molar-refractivity contribution < 1.29 is 23.9 Å². The Morgan fingerprint density at radius 3 is 1.33 bits per heavy atom. The molecule has 110 heavy (non-hydrogen) atoms. The van der Waals surface area contributed by atoms with Crippen molar-refractivity contribution in [2.24, 2.45) is 0 Å². The topological polar surface area (TPSA) is 239 Å². The molecule has 5 N–H and O–H groups in total. The van der Waals surface area contributed by atoms with Gasteiger partial charge in [0.05, 0.1) is 80.4 Å². The van der Waals surface area contributed by atoms with Gasteiger partial charge >= 0.3 is 0 Å². The lowest BCUT2D eigenvalue weighted by Gasteiger charge is -2.26. The number of ether oxygens (including phenoxy) is 2. The van der Waals surface area contributed by atoms with Crippen LogP contribution in [0.4, 0.5) is 28.4 Å². The molecule has 23 heteroatoms. The summed E-state index contributed by atoms with van der Waals surface area (Å²) in [7, 11) is -2.21. The van der Waals surface area contributed by atoms with Crippen LogP contribution in [0.3, 0.4) is 0 Å². The number of nitrogens with zero attached hydrogens (tertiary/aromatic N) is 10. The van der Waals surface area contributed by atoms with Gasteiger partial charge in [0.1, 0.15) is 24.8 Å². The minimum absolute atomic E-state index is 0.136. The second kappa shape index (κ2) is 30.8. The van der Waals surface area contributed by atoms with Crippen molar-refractivity contribution in [1.82, 2.24) is 59.7 Å². The molecule has 6 aliphatic rings. The SMILES string of the molecule is CCC1(CC)C(=O)N(c2cccnc2)c2cc3c4c([nH]c3cc21)-c1[nH]ncc1CCC4.CCC1(CC)C(=O)N(c2cccnc2)c2cc3c4c([nH]c3cc21)-c1nn(COCC[Si](C)(C)C)cc1CCC4.CCC1(CC)C(=O)Nc2cc3c4c([nH]c3cc21)-c1nn(COCC[Si](C)(C)C)cc1CCC4.Ic1cccnc1. The Morgan fingerprint density at radius 1 is 0.482 bits per heavy atom. The van der Waals surface area contributed by atoms with E-state index in [-0.39, 0.29) is 17.7 Å². The standard InChI is InChI=1S/C31H39N5O2Si.C26H36N4O2Si.C25H25N5O.C5H4IN/c1-6-31(7-2)25-17-26-24(16-27(25)36(30(31)37)22-11-9-13-32-18-22)23-12-8-10-21-19-35(34-28(21)29(23)33-26)20-38-14-15-39(3,4)5;1-6-26(7-2)20-14-21-19(13-22(20)28-25(26)31)18-10-8-9-17-15-30(29-23(17)24(18)27-21)16-32-11-12-33(3,4)5;1-3-25(4-2)19-12-20-18(11-21(19)30(24(25)31)16-8-6-10-26-14-16)17-9-5-7-15-13-27-29-22(15)23(17)28-20;6-5-2-1-3-7-4-5/h9,11,13,16-19,33H,6-8,10,12,14-15,20H2,1-5H3;13-15,27H,6-12,16H2,1-5H3,(H,28,31);6,8,10-14,28H,3-5,7,9H2,1-2H3,(H,27,29);1-4H. The van der Waals surface area contributed by atoms with E-state index in [1.165, 1.54) is 59.2 Å². The van der Waals surface area contributed by atoms with Gasteiger partial charge in [-0.15, -0.1) is 0 Å². The summed E-state index contributed by atoms with van der Waals surface area (Å²) in [5, 5.41) is 24.2. The van der Waals surface area contributed by atoms with E-state index in [1.807, 2.05) is 68.0 Å². The summed E-state index contributed by atoms with van der Waals surface area (Å²) in [6.07, 6.45) is 30.8. The van der Waals surface area contributed by atoms with Gasteiger partial charge in [-0.05, 0) is 254 Å². The van der Waals surface area contributed by atoms with E-state index >= 15 is 0 Å². The van der Waals surface area contributed by atoms with Crippen molar-refractivity contribution in [3.8, 4) is 34.2 Å². The lowest BCUT2D eigenvalue weighted by atomic mass is 9.76. The molecule has 0 unspecified atom stereocenters. The average molecular weight is 1620 g/mol. The summed E-state index contributed by atoms with van der Waals surface area (Å²) < 4.78 is 17.0. The van der Waals surface area contributed by atoms with Crippen LogP contribution in [0.25, 0.3) is 66.9 Å². The molecule has 18 rings (SSSR count). The minimum Gasteiger partial charge on any atom is -0.360 e. The quantitative estimate of drug-likeness (QED) is 0.0308. The van der Waals surface area contributed by atoms with Crippen LogP contribution in [0.5, 0.6) is 0 Å². The van der Waals surface area contributed by atoms with Crippen LogP contribution in [-0.4, -0.2) is 107 Å². The van der Waals surface area contributed by atoms with Crippen molar-refractivity contribution in [3.05, 3.63) is 182 Å². The number of anilines is 5. The van der Waals surface area contributed by atoms with Crippen LogP contribution >= 0.6 is 22.6 Å². The van der Waals surface area contributed by atoms with Gasteiger partial charge in [-0.1, -0.05) is 80.8 Å². The zero-order chi connectivity index (χ0) is 77.0. The molecular weight excluding hydrogens is 1520 g/mol. The molecule has 3 aromatic carbocycles. The summed E-state index contributed by atoms with van der Waals surface area (Å²) in [5.74, 6) is 0.427. The van der Waals surface area contributed by atoms with Gasteiger partial charge in [0, 0.05) is 109 Å². The number of carbonyl (C=O) groups is 3. The molecule has 0 fully saturated rings. The van der Waals surface area contributed by atoms with E-state index < -0.39 is 32.4 Å². The van der Waals surface area contributed by atoms with Crippen LogP contribution in [0, 0.1) is 3.57 Å². The molecule has 12 heterocycles. The lowest BCUT2D eigenvalue weighted by Crippen LogP contribution is -2.37. The maximum absolute atomic E-state index is 14.0. The fourth-order valence-electron chi connectivity index (χ4n) is 17.8. The number of amides is 3. The van der Waals surface area contributed by atoms with Crippen molar-refractivity contribution in [2.45, 2.75) is 219 Å². The summed E-state index contributed by atoms with van der Waals surface area (Å²) in [6.45, 7) is 29.5. The molecule has 0 saturated carbocycles. The van der Waals surface area contributed by atoms with E-state index in [2.05, 4.69) is 198 Å². The van der Waals surface area contributed by atoms with Crippen LogP contribution in [0.2, 0.25) is 51.4 Å². The first-order valence-corrected chi connectivity index (χ1v) is 48.3. The summed E-state index contributed by atoms with van der Waals surface area (Å²) in [4.78, 5) is 68.0. The number of H-pyrrole nitrogens is 4. The number of pyridine rings is 3. The Labute approximate surface area is 660 Å². The number of benzene rings is 3. The highest BCUT2D eigenvalue weighted by molar-refractivity contribution is 14.1. The normalized spacial score (nSPS) is 16.2. The molecule has 3 amide bonds. The molecule has 0 radical (unpaired) electrons. The van der Waals surface area contributed by atoms with E-state index in [1.54, 1.807) is 31.0 Å². The van der Waals surface area contributed by atoms with Gasteiger partial charge in [-0.2, -0.15) is 15.3 Å². The Morgan fingerprint density at radius 2 is 0.909 bits per heavy atom. The number of fused-ring (bicyclic) bond motifs is 18. The Balaban J connectivity index is 0.000000126. The molecule has 3 aliphatic heterocycles. The first-order valence-electron chi connectivity index (χ1n) is 39.8. The third kappa shape index (κ3) is 13.9. The number of hydrogen-bond acceptors (Lipinski definition) is 11. The first kappa shape index (κ1) is 76.2. The molecule has 572 valence electrons. The van der Waals surface area contributed by atoms with Crippen molar-refractivity contribution in [3.63, 3.8) is 0 Å². The zero-order valence-corrected chi connectivity index (χ0v) is 70.0. The van der Waals surface area contributed by atoms with E-state index in [9.17, 15) is 14.4 Å². The predicted octanol–water partition coefficient (Wildman–Crippen LogP) is 19.7. The minimum atomic E-state index is -1.12. The Hall–Kier alpha value is -9.15. The zero-order valence-electron chi connectivity index (χ0n) is 65.9. The second-order valence-electron chi connectivity index (χ2n) is 33.0. The third-order valence-corrected chi connectivity index (χ3v) is 28.3. The fourth-order valence-corrected chi connectivity index (χ4v) is 19.7. The third-order valence-electron chi connectivity index (χ3n) is 24.3. The molecule has 0 atom stereocenters. The summed E-state index contributed by atoms with van der Waals surface area (Å²) in [5.41, 5.74) is 24.1. The maximum Gasteiger partial charge on any atom is 0.242 e. The lowest BCUT2D eigenvalue weighted by molar-refractivity contribution is -0.123. The monoisotopic (exact) mass is 1620 g/mol. The molecule has 12 aromatic rings. The highest BCUT2D eigenvalue weighted by Crippen LogP contribution is 2.54. The molecule has 3 aliphatic carbocycles. The number of rotatable bonds is 18. The number of aryl methyl sites for hydroxylation is 6. The van der Waals surface area contributed by atoms with Gasteiger partial charge in [-0.25, -0.2) is 9.36 Å². The van der Waals surface area contributed by atoms with Gasteiger partial charge in [-0.3, -0.25) is 44.2 Å². The molecule has 0 bridgehead atoms. The number of nitrogens with one attached hydrogen (secondary N) is 5. The molecule has 0 saturated heterocycles. The van der Waals surface area contributed by atoms with Crippen LogP contribution in [-0.2, 0) is 92.1 Å². The van der Waals surface area contributed by atoms with Gasteiger partial charge in [0.2, 0.25) is 17.7 Å². The Bertz CT molecular complexity index is 5400. The number of carbonyl (C=O) groups excluding carboxylic acids is 3. The van der Waals surface area contributed by atoms with E-state index in [4.69, 9.17) is 19.7 Å². The van der Waals surface area contributed by atoms with Gasteiger partial charge < -0.3 is 29.7 Å². The van der Waals surface area contributed by atoms with Crippen LogP contribution < -0.4 is 15.1 Å². The van der Waals surface area contributed by atoms with E-state index in [0.717, 1.165) is 211 Å². The Kier molecular flexibility index (Phi) is 21.4. The maximum atomic E-state index is 14.0. The number of hydrogen-bond donors (Lipinski definition) is 5. The van der Waals surface area contributed by atoms with Gasteiger partial charge in [0.15, 0.2) is 0 Å². The number of halogens is 1. The van der Waals surface area contributed by atoms with Crippen molar-refractivity contribution >= 4 is 118 Å². The molecule has 0 spiro atoms. The number of aromatic amines is 4. The summed E-state index contributed by atoms with van der Waals surface area (Å²) >= 11 is 2.22. The molecular formula is C87H104IN15O5Si2. The first-order chi connectivity index (χ1) is 53.1. The highest BCUT2D eigenvalue weighted by atomic mass is 127. The fraction of sp³-hybridized carbons (Fsp3) is 0.414. The number of aromatic nitrogens is 12. The smallest absolute Gasteiger partial charge is 0.242 e. The predicted molar refractivity (Wildman–Crippen MR) is 454 cm³/mol. The second-order valence-corrected chi connectivity index (χ2v) is 45.5. The van der Waals surface area contributed by atoms with Crippen molar-refractivity contribution in [1.29, 1.82) is 0 Å².